The number of benzene rings is 2. The van der Waals surface area contributed by atoms with E-state index in [1.54, 1.807) is 13.0 Å². The molecule has 0 saturated heterocycles. The van der Waals surface area contributed by atoms with Crippen molar-refractivity contribution in [3.63, 3.8) is 0 Å². The molecule has 2 rings (SSSR count). The third-order valence-corrected chi connectivity index (χ3v) is 4.53. The molecule has 4 heteroatoms. The van der Waals surface area contributed by atoms with Crippen molar-refractivity contribution in [1.29, 1.82) is 0 Å². The lowest BCUT2D eigenvalue weighted by molar-refractivity contribution is 0.337. The average molecular weight is 402 g/mol. The van der Waals surface area contributed by atoms with Gasteiger partial charge in [-0.15, -0.1) is 0 Å². The number of halogens is 3. The third-order valence-electron chi connectivity index (χ3n) is 3.02. The maximum atomic E-state index is 13.4. The molecule has 0 fully saturated rings. The van der Waals surface area contributed by atoms with Crippen LogP contribution in [0.25, 0.3) is 0 Å². The molecular formula is C16H15Br2FO. The molecule has 20 heavy (non-hydrogen) atoms. The van der Waals surface area contributed by atoms with Crippen LogP contribution in [0.4, 0.5) is 4.39 Å². The second-order valence-corrected chi connectivity index (χ2v) is 6.32. The quantitative estimate of drug-likeness (QED) is 0.590. The molecular weight excluding hydrogens is 387 g/mol. The van der Waals surface area contributed by atoms with Crippen molar-refractivity contribution in [1.82, 2.24) is 0 Å². The number of hydrogen-bond donors (Lipinski definition) is 0. The summed E-state index contributed by atoms with van der Waals surface area (Å²) in [7, 11) is 0. The van der Waals surface area contributed by atoms with Gasteiger partial charge >= 0.3 is 0 Å². The van der Waals surface area contributed by atoms with Gasteiger partial charge in [-0.05, 0) is 49.2 Å². The molecule has 0 aliphatic rings. The zero-order valence-corrected chi connectivity index (χ0v) is 14.5. The highest BCUT2D eigenvalue weighted by molar-refractivity contribution is 9.10. The fraction of sp³-hybridized carbons (Fsp3) is 0.250. The highest BCUT2D eigenvalue weighted by Crippen LogP contribution is 2.38. The van der Waals surface area contributed by atoms with Crippen LogP contribution in [0.2, 0.25) is 0 Å². The number of rotatable bonds is 4. The topological polar surface area (TPSA) is 9.23 Å². The summed E-state index contributed by atoms with van der Waals surface area (Å²) in [6.45, 7) is 4.33. The molecule has 0 amide bonds. The fourth-order valence-corrected chi connectivity index (χ4v) is 3.03. The largest absolute Gasteiger partial charge is 0.494 e. The monoisotopic (exact) mass is 400 g/mol. The van der Waals surface area contributed by atoms with Crippen LogP contribution in [-0.2, 0) is 0 Å². The van der Waals surface area contributed by atoms with Crippen molar-refractivity contribution < 1.29 is 9.13 Å². The number of hydrogen-bond acceptors (Lipinski definition) is 1. The number of aryl methyl sites for hydroxylation is 1. The van der Waals surface area contributed by atoms with Gasteiger partial charge in [-0.1, -0.05) is 44.0 Å². The van der Waals surface area contributed by atoms with Gasteiger partial charge < -0.3 is 4.74 Å². The lowest BCUT2D eigenvalue weighted by Gasteiger charge is -2.16. The highest BCUT2D eigenvalue weighted by Gasteiger charge is 2.17. The SMILES string of the molecule is CCOc1ccc(Br)cc1C(Br)c1ccc(F)c(C)c1. The predicted molar refractivity (Wildman–Crippen MR) is 87.2 cm³/mol. The zero-order chi connectivity index (χ0) is 14.7. The fourth-order valence-electron chi connectivity index (χ4n) is 2.01. The Bertz CT molecular complexity index is 613. The first-order valence-corrected chi connectivity index (χ1v) is 8.06. The van der Waals surface area contributed by atoms with Crippen molar-refractivity contribution in [3.05, 3.63) is 63.4 Å². The van der Waals surface area contributed by atoms with Crippen LogP contribution in [-0.4, -0.2) is 6.61 Å². The first kappa shape index (κ1) is 15.5. The maximum Gasteiger partial charge on any atom is 0.126 e. The zero-order valence-electron chi connectivity index (χ0n) is 11.3. The minimum atomic E-state index is -0.187. The van der Waals surface area contributed by atoms with Crippen LogP contribution in [0.3, 0.4) is 0 Å². The smallest absolute Gasteiger partial charge is 0.126 e. The van der Waals surface area contributed by atoms with E-state index in [-0.39, 0.29) is 10.6 Å². The van der Waals surface area contributed by atoms with Crippen LogP contribution in [0.1, 0.15) is 28.4 Å². The molecule has 2 aromatic carbocycles. The summed E-state index contributed by atoms with van der Waals surface area (Å²) in [5.41, 5.74) is 2.66. The van der Waals surface area contributed by atoms with E-state index in [0.29, 0.717) is 12.2 Å². The van der Waals surface area contributed by atoms with Crippen molar-refractivity contribution in [2.45, 2.75) is 18.7 Å². The Morgan fingerprint density at radius 1 is 1.20 bits per heavy atom. The minimum Gasteiger partial charge on any atom is -0.494 e. The van der Waals surface area contributed by atoms with Gasteiger partial charge in [0.25, 0.3) is 0 Å². The Morgan fingerprint density at radius 2 is 1.95 bits per heavy atom. The normalized spacial score (nSPS) is 12.2. The first-order valence-electron chi connectivity index (χ1n) is 6.35. The van der Waals surface area contributed by atoms with Gasteiger partial charge in [-0.3, -0.25) is 0 Å². The Hall–Kier alpha value is -0.870. The van der Waals surface area contributed by atoms with Gasteiger partial charge in [0.2, 0.25) is 0 Å². The summed E-state index contributed by atoms with van der Waals surface area (Å²) in [6, 6.07) is 11.0. The number of ether oxygens (including phenoxy) is 1. The van der Waals surface area contributed by atoms with Gasteiger partial charge in [-0.2, -0.15) is 0 Å². The Morgan fingerprint density at radius 3 is 2.60 bits per heavy atom. The second-order valence-electron chi connectivity index (χ2n) is 4.49. The van der Waals surface area contributed by atoms with Crippen molar-refractivity contribution in [2.75, 3.05) is 6.61 Å². The van der Waals surface area contributed by atoms with E-state index < -0.39 is 0 Å². The first-order chi connectivity index (χ1) is 9.52. The Balaban J connectivity index is 2.43. The minimum absolute atomic E-state index is 0.0409. The molecule has 0 N–H and O–H groups in total. The Kier molecular flexibility index (Phi) is 5.22. The molecule has 1 nitrogen and oxygen atoms in total. The number of alkyl halides is 1. The Labute approximate surface area is 135 Å². The molecule has 0 aromatic heterocycles. The second kappa shape index (κ2) is 6.72. The van der Waals surface area contributed by atoms with E-state index >= 15 is 0 Å². The summed E-state index contributed by atoms with van der Waals surface area (Å²) >= 11 is 7.16. The van der Waals surface area contributed by atoms with E-state index in [4.69, 9.17) is 4.74 Å². The van der Waals surface area contributed by atoms with Crippen LogP contribution in [0, 0.1) is 12.7 Å². The van der Waals surface area contributed by atoms with Gasteiger partial charge in [0.15, 0.2) is 0 Å². The summed E-state index contributed by atoms with van der Waals surface area (Å²) in [4.78, 5) is -0.0409. The van der Waals surface area contributed by atoms with Gasteiger partial charge in [-0.25, -0.2) is 4.39 Å². The van der Waals surface area contributed by atoms with Crippen LogP contribution in [0.15, 0.2) is 40.9 Å². The van der Waals surface area contributed by atoms with Crippen LogP contribution in [0.5, 0.6) is 5.75 Å². The molecule has 0 radical (unpaired) electrons. The molecule has 0 bridgehead atoms. The standard InChI is InChI=1S/C16H15Br2FO/c1-3-20-15-7-5-12(17)9-13(15)16(18)11-4-6-14(19)10(2)8-11/h4-9,16H,3H2,1-2H3. The lowest BCUT2D eigenvalue weighted by atomic mass is 10.0. The highest BCUT2D eigenvalue weighted by atomic mass is 79.9. The molecule has 0 aliphatic heterocycles. The molecule has 1 atom stereocenters. The van der Waals surface area contributed by atoms with E-state index in [1.807, 2.05) is 31.2 Å². The molecule has 1 unspecified atom stereocenters. The van der Waals surface area contributed by atoms with E-state index in [2.05, 4.69) is 31.9 Å². The third kappa shape index (κ3) is 3.41. The molecule has 106 valence electrons. The van der Waals surface area contributed by atoms with Gasteiger partial charge in [0, 0.05) is 10.0 Å². The van der Waals surface area contributed by atoms with Crippen LogP contribution >= 0.6 is 31.9 Å². The molecule has 0 heterocycles. The average Bonchev–Trinajstić information content (AvgIpc) is 2.43. The molecule has 0 saturated carbocycles. The summed E-state index contributed by atoms with van der Waals surface area (Å²) < 4.78 is 20.0. The molecule has 0 aliphatic carbocycles. The lowest BCUT2D eigenvalue weighted by Crippen LogP contribution is -2.00. The van der Waals surface area contributed by atoms with E-state index in [9.17, 15) is 4.39 Å². The van der Waals surface area contributed by atoms with E-state index in [0.717, 1.165) is 21.3 Å². The summed E-state index contributed by atoms with van der Waals surface area (Å²) in [5.74, 6) is 0.646. The van der Waals surface area contributed by atoms with Crippen molar-refractivity contribution in [3.8, 4) is 5.75 Å². The van der Waals surface area contributed by atoms with Gasteiger partial charge in [0.05, 0.1) is 11.4 Å². The predicted octanol–water partition coefficient (Wildman–Crippen LogP) is 5.78. The van der Waals surface area contributed by atoms with Gasteiger partial charge in [0.1, 0.15) is 11.6 Å². The maximum absolute atomic E-state index is 13.4. The van der Waals surface area contributed by atoms with Crippen molar-refractivity contribution >= 4 is 31.9 Å². The summed E-state index contributed by atoms with van der Waals surface area (Å²) in [5, 5.41) is 0. The summed E-state index contributed by atoms with van der Waals surface area (Å²) in [6.07, 6.45) is 0. The molecule has 2 aromatic rings. The van der Waals surface area contributed by atoms with Crippen molar-refractivity contribution in [2.24, 2.45) is 0 Å². The molecule has 0 spiro atoms. The van der Waals surface area contributed by atoms with Crippen LogP contribution < -0.4 is 4.74 Å². The van der Waals surface area contributed by atoms with E-state index in [1.165, 1.54) is 6.07 Å².